The molecule has 1 rings (SSSR count). The van der Waals surface area contributed by atoms with Gasteiger partial charge in [0.05, 0.1) is 11.8 Å². The number of nitrogens with zero attached hydrogens (tertiary/aromatic N) is 1. The quantitative estimate of drug-likeness (QED) is 0.788. The van der Waals surface area contributed by atoms with E-state index in [9.17, 15) is 18.0 Å². The van der Waals surface area contributed by atoms with Crippen LogP contribution in [0.4, 0.5) is 4.79 Å². The molecule has 0 bridgehead atoms. The molecule has 2 unspecified atom stereocenters. The van der Waals surface area contributed by atoms with E-state index in [4.69, 9.17) is 0 Å². The Morgan fingerprint density at radius 3 is 2.26 bits per heavy atom. The van der Waals surface area contributed by atoms with E-state index < -0.39 is 32.6 Å². The fourth-order valence-corrected chi connectivity index (χ4v) is 4.47. The van der Waals surface area contributed by atoms with Crippen LogP contribution in [-0.2, 0) is 14.6 Å². The van der Waals surface area contributed by atoms with Gasteiger partial charge in [0.1, 0.15) is 0 Å². The highest BCUT2D eigenvalue weighted by Gasteiger charge is 2.35. The first-order chi connectivity index (χ1) is 10.4. The molecule has 0 saturated heterocycles. The smallest absolute Gasteiger partial charge is 0.321 e. The lowest BCUT2D eigenvalue weighted by molar-refractivity contribution is -0.121. The number of sulfone groups is 1. The van der Waals surface area contributed by atoms with Crippen LogP contribution >= 0.6 is 0 Å². The fourth-order valence-electron chi connectivity index (χ4n) is 2.96. The number of hydrogen-bond donors (Lipinski definition) is 2. The molecule has 23 heavy (non-hydrogen) atoms. The van der Waals surface area contributed by atoms with Crippen LogP contribution in [0.15, 0.2) is 0 Å². The van der Waals surface area contributed by atoms with Gasteiger partial charge in [-0.2, -0.15) is 0 Å². The van der Waals surface area contributed by atoms with Crippen LogP contribution < -0.4 is 10.6 Å². The summed E-state index contributed by atoms with van der Waals surface area (Å²) in [6, 6.07) is -0.727. The van der Waals surface area contributed by atoms with Gasteiger partial charge in [0, 0.05) is 17.8 Å². The first-order valence-corrected chi connectivity index (χ1v) is 9.87. The number of urea groups is 1. The summed E-state index contributed by atoms with van der Waals surface area (Å²) in [5.41, 5.74) is -0.430. The zero-order chi connectivity index (χ0) is 17.8. The highest BCUT2D eigenvalue weighted by molar-refractivity contribution is 7.91. The molecule has 0 radical (unpaired) electrons. The third kappa shape index (κ3) is 6.87. The summed E-state index contributed by atoms with van der Waals surface area (Å²) in [6.07, 6.45) is 4.46. The van der Waals surface area contributed by atoms with Crippen molar-refractivity contribution < 1.29 is 18.0 Å². The van der Waals surface area contributed by atoms with Crippen molar-refractivity contribution in [1.29, 1.82) is 0 Å². The third-order valence-corrected chi connectivity index (χ3v) is 5.57. The number of likely N-dealkylation sites (N-methyl/N-ethyl adjacent to an activating group) is 1. The molecule has 0 aromatic rings. The van der Waals surface area contributed by atoms with Crippen molar-refractivity contribution in [3.05, 3.63) is 0 Å². The van der Waals surface area contributed by atoms with E-state index in [1.165, 1.54) is 6.26 Å². The molecule has 2 atom stereocenters. The van der Waals surface area contributed by atoms with Crippen molar-refractivity contribution in [3.63, 3.8) is 0 Å². The van der Waals surface area contributed by atoms with E-state index in [1.54, 1.807) is 11.9 Å². The van der Waals surface area contributed by atoms with Crippen molar-refractivity contribution in [1.82, 2.24) is 15.5 Å². The second kappa shape index (κ2) is 7.61. The van der Waals surface area contributed by atoms with Crippen molar-refractivity contribution in [2.75, 3.05) is 19.8 Å². The van der Waals surface area contributed by atoms with Gasteiger partial charge in [0.25, 0.3) is 0 Å². The molecule has 1 aliphatic rings. The molecule has 0 heterocycles. The van der Waals surface area contributed by atoms with E-state index in [1.807, 2.05) is 20.8 Å². The van der Waals surface area contributed by atoms with Crippen molar-refractivity contribution in [2.45, 2.75) is 63.3 Å². The topological polar surface area (TPSA) is 95.6 Å². The average molecular weight is 347 g/mol. The number of amides is 3. The van der Waals surface area contributed by atoms with E-state index in [-0.39, 0.29) is 12.6 Å². The third-order valence-electron chi connectivity index (χ3n) is 3.92. The molecule has 0 spiro atoms. The average Bonchev–Trinajstić information content (AvgIpc) is 2.34. The molecule has 134 valence electrons. The SMILES string of the molecule is CN(CC(=O)NC(=O)NC(C)(C)C)C1CCCCC1S(C)(=O)=O. The predicted octanol–water partition coefficient (Wildman–Crippen LogP) is 0.898. The summed E-state index contributed by atoms with van der Waals surface area (Å²) in [7, 11) is -1.42. The summed E-state index contributed by atoms with van der Waals surface area (Å²) in [6.45, 7) is 5.46. The van der Waals surface area contributed by atoms with Crippen LogP contribution in [0.3, 0.4) is 0 Å². The van der Waals surface area contributed by atoms with Gasteiger partial charge in [-0.15, -0.1) is 0 Å². The zero-order valence-corrected chi connectivity index (χ0v) is 15.5. The second-order valence-corrected chi connectivity index (χ2v) is 9.65. The first kappa shape index (κ1) is 19.9. The van der Waals surface area contributed by atoms with E-state index >= 15 is 0 Å². The maximum Gasteiger partial charge on any atom is 0.321 e. The normalized spacial score (nSPS) is 22.7. The van der Waals surface area contributed by atoms with Crippen molar-refractivity contribution in [2.24, 2.45) is 0 Å². The van der Waals surface area contributed by atoms with Crippen LogP contribution in [0.5, 0.6) is 0 Å². The zero-order valence-electron chi connectivity index (χ0n) is 14.7. The Kier molecular flexibility index (Phi) is 6.59. The number of hydrogen-bond acceptors (Lipinski definition) is 5. The maximum atomic E-state index is 12.0. The van der Waals surface area contributed by atoms with Crippen LogP contribution in [0, 0.1) is 0 Å². The van der Waals surface area contributed by atoms with Gasteiger partial charge in [-0.3, -0.25) is 15.0 Å². The Labute approximate surface area is 139 Å². The summed E-state index contributed by atoms with van der Waals surface area (Å²) in [5, 5.41) is 4.48. The Balaban J connectivity index is 2.61. The number of nitrogens with one attached hydrogen (secondary N) is 2. The fraction of sp³-hybridized carbons (Fsp3) is 0.867. The molecule has 7 nitrogen and oxygen atoms in total. The minimum atomic E-state index is -3.16. The molecule has 1 aliphatic carbocycles. The van der Waals surface area contributed by atoms with Gasteiger partial charge in [0.15, 0.2) is 9.84 Å². The minimum Gasteiger partial charge on any atom is -0.333 e. The largest absolute Gasteiger partial charge is 0.333 e. The Hall–Kier alpha value is -1.15. The van der Waals surface area contributed by atoms with Crippen LogP contribution in [-0.4, -0.2) is 61.9 Å². The molecule has 2 N–H and O–H groups in total. The molecular formula is C15H29N3O4S. The molecular weight excluding hydrogens is 318 g/mol. The molecule has 3 amide bonds. The monoisotopic (exact) mass is 347 g/mol. The van der Waals surface area contributed by atoms with Gasteiger partial charge in [-0.1, -0.05) is 12.8 Å². The summed E-state index contributed by atoms with van der Waals surface area (Å²) in [5.74, 6) is -0.438. The second-order valence-electron chi connectivity index (χ2n) is 7.39. The van der Waals surface area contributed by atoms with Crippen molar-refractivity contribution in [3.8, 4) is 0 Å². The number of carbonyl (C=O) groups excluding carboxylic acids is 2. The molecule has 1 saturated carbocycles. The Bertz CT molecular complexity index is 539. The molecule has 1 fully saturated rings. The van der Waals surface area contributed by atoms with Gasteiger partial charge in [-0.05, 0) is 40.7 Å². The van der Waals surface area contributed by atoms with Gasteiger partial charge < -0.3 is 5.32 Å². The summed E-state index contributed by atoms with van der Waals surface area (Å²) >= 11 is 0. The van der Waals surface area contributed by atoms with Crippen LogP contribution in [0.2, 0.25) is 0 Å². The first-order valence-electron chi connectivity index (χ1n) is 7.91. The predicted molar refractivity (Wildman–Crippen MR) is 89.9 cm³/mol. The van der Waals surface area contributed by atoms with E-state index in [2.05, 4.69) is 10.6 Å². The summed E-state index contributed by atoms with van der Waals surface area (Å²) in [4.78, 5) is 25.4. The Morgan fingerprint density at radius 2 is 1.74 bits per heavy atom. The number of carbonyl (C=O) groups is 2. The van der Waals surface area contributed by atoms with Gasteiger partial charge in [0.2, 0.25) is 5.91 Å². The van der Waals surface area contributed by atoms with E-state index in [0.29, 0.717) is 6.42 Å². The molecule has 0 aromatic heterocycles. The summed E-state index contributed by atoms with van der Waals surface area (Å²) < 4.78 is 23.9. The van der Waals surface area contributed by atoms with Crippen molar-refractivity contribution >= 4 is 21.8 Å². The highest BCUT2D eigenvalue weighted by atomic mass is 32.2. The Morgan fingerprint density at radius 1 is 1.17 bits per heavy atom. The molecule has 0 aliphatic heterocycles. The van der Waals surface area contributed by atoms with Gasteiger partial charge >= 0.3 is 6.03 Å². The number of rotatable bonds is 4. The lowest BCUT2D eigenvalue weighted by atomic mass is 9.94. The number of imide groups is 1. The lowest BCUT2D eigenvalue weighted by Gasteiger charge is -2.36. The highest BCUT2D eigenvalue weighted by Crippen LogP contribution is 2.27. The van der Waals surface area contributed by atoms with Crippen LogP contribution in [0.25, 0.3) is 0 Å². The molecule has 8 heteroatoms. The van der Waals surface area contributed by atoms with Gasteiger partial charge in [-0.25, -0.2) is 13.2 Å². The minimum absolute atomic E-state index is 0.00570. The molecule has 0 aromatic carbocycles. The van der Waals surface area contributed by atoms with Crippen LogP contribution in [0.1, 0.15) is 46.5 Å². The maximum absolute atomic E-state index is 12.0. The van der Waals surface area contributed by atoms with E-state index in [0.717, 1.165) is 19.3 Å². The lowest BCUT2D eigenvalue weighted by Crippen LogP contribution is -2.53. The standard InChI is InChI=1S/C15H29N3O4S/c1-15(2,3)17-14(20)16-13(19)10-18(4)11-8-6-7-9-12(11)23(5,21)22/h11-12H,6-10H2,1-5H3,(H2,16,17,19,20).